The molecule has 0 radical (unpaired) electrons. The van der Waals surface area contributed by atoms with Crippen molar-refractivity contribution >= 4 is 23.2 Å². The Morgan fingerprint density at radius 1 is 1.15 bits per heavy atom. The van der Waals surface area contributed by atoms with Crippen LogP contribution in [0, 0.1) is 0 Å². The van der Waals surface area contributed by atoms with Gasteiger partial charge >= 0.3 is 6.18 Å². The second-order valence-electron chi connectivity index (χ2n) is 6.28. The van der Waals surface area contributed by atoms with Gasteiger partial charge in [-0.05, 0) is 43.1 Å². The summed E-state index contributed by atoms with van der Waals surface area (Å²) in [4.78, 5) is 13.3. The first-order chi connectivity index (χ1) is 12.3. The number of hydrogen-bond acceptors (Lipinski definition) is 2. The van der Waals surface area contributed by atoms with Gasteiger partial charge < -0.3 is 5.32 Å². The fourth-order valence-electron chi connectivity index (χ4n) is 3.26. The van der Waals surface area contributed by atoms with E-state index < -0.39 is 18.1 Å². The summed E-state index contributed by atoms with van der Waals surface area (Å²) >= 11 is 5.92. The molecule has 1 heterocycles. The van der Waals surface area contributed by atoms with Crippen molar-refractivity contribution in [1.29, 1.82) is 0 Å². The van der Waals surface area contributed by atoms with Gasteiger partial charge in [0.05, 0.1) is 6.54 Å². The Bertz CT molecular complexity index is 780. The van der Waals surface area contributed by atoms with E-state index in [0.29, 0.717) is 12.8 Å². The molecule has 0 fully saturated rings. The summed E-state index contributed by atoms with van der Waals surface area (Å²) in [6.07, 6.45) is -3.36. The molecule has 0 saturated heterocycles. The lowest BCUT2D eigenvalue weighted by Gasteiger charge is -2.31. The van der Waals surface area contributed by atoms with Crippen LogP contribution in [0.15, 0.2) is 48.5 Å². The molecule has 3 nitrogen and oxygen atoms in total. The molecule has 1 atom stereocenters. The van der Waals surface area contributed by atoms with Gasteiger partial charge in [-0.15, -0.1) is 0 Å². The number of carbonyl (C=O) groups is 1. The maximum absolute atomic E-state index is 13.8. The third kappa shape index (κ3) is 4.37. The predicted octanol–water partition coefficient (Wildman–Crippen LogP) is 4.83. The van der Waals surface area contributed by atoms with Crippen molar-refractivity contribution in [3.63, 3.8) is 0 Å². The van der Waals surface area contributed by atoms with Crippen LogP contribution in [0.25, 0.3) is 0 Å². The quantitative estimate of drug-likeness (QED) is 0.821. The standard InChI is InChI=1S/C19H18ClF3N2O/c20-14-8-9-16-15(11-14)18(19(21,22)23)25(12-17(26)24-16)10-4-7-13-5-2-1-3-6-13/h1-3,5-6,8-9,11,18H,4,7,10,12H2,(H,24,26). The highest BCUT2D eigenvalue weighted by molar-refractivity contribution is 6.30. The molecule has 0 aliphatic carbocycles. The van der Waals surface area contributed by atoms with Crippen molar-refractivity contribution in [3.05, 3.63) is 64.7 Å². The molecule has 3 rings (SSSR count). The number of halogens is 4. The van der Waals surface area contributed by atoms with Crippen LogP contribution in [0.4, 0.5) is 18.9 Å². The average Bonchev–Trinajstić information content (AvgIpc) is 2.70. The number of carbonyl (C=O) groups excluding carboxylic acids is 1. The molecule has 1 amide bonds. The van der Waals surface area contributed by atoms with Crippen molar-refractivity contribution < 1.29 is 18.0 Å². The van der Waals surface area contributed by atoms with Crippen LogP contribution in [0.3, 0.4) is 0 Å². The summed E-state index contributed by atoms with van der Waals surface area (Å²) < 4.78 is 41.5. The fraction of sp³-hybridized carbons (Fsp3) is 0.316. The number of nitrogens with zero attached hydrogens (tertiary/aromatic N) is 1. The molecule has 1 N–H and O–H groups in total. The number of nitrogens with one attached hydrogen (secondary N) is 1. The number of alkyl halides is 3. The van der Waals surface area contributed by atoms with E-state index in [0.717, 1.165) is 5.56 Å². The lowest BCUT2D eigenvalue weighted by atomic mass is 10.0. The van der Waals surface area contributed by atoms with Crippen molar-refractivity contribution in [2.45, 2.75) is 25.1 Å². The highest BCUT2D eigenvalue weighted by Crippen LogP contribution is 2.43. The molecular formula is C19H18ClF3N2O. The van der Waals surface area contributed by atoms with Crippen LogP contribution in [0.1, 0.15) is 23.6 Å². The van der Waals surface area contributed by atoms with Gasteiger partial charge in [0.25, 0.3) is 0 Å². The third-order valence-corrected chi connectivity index (χ3v) is 4.59. The molecular weight excluding hydrogens is 365 g/mol. The van der Waals surface area contributed by atoms with Crippen molar-refractivity contribution in [2.24, 2.45) is 0 Å². The number of aryl methyl sites for hydroxylation is 1. The largest absolute Gasteiger partial charge is 0.408 e. The summed E-state index contributed by atoms with van der Waals surface area (Å²) in [5.74, 6) is -0.458. The number of rotatable bonds is 4. The second-order valence-corrected chi connectivity index (χ2v) is 6.72. The van der Waals surface area contributed by atoms with Crippen LogP contribution < -0.4 is 5.32 Å². The molecule has 7 heteroatoms. The predicted molar refractivity (Wildman–Crippen MR) is 95.2 cm³/mol. The van der Waals surface area contributed by atoms with E-state index in [9.17, 15) is 18.0 Å². The summed E-state index contributed by atoms with van der Waals surface area (Å²) in [5.41, 5.74) is 1.20. The number of fused-ring (bicyclic) bond motifs is 1. The molecule has 2 aromatic rings. The molecule has 138 valence electrons. The minimum atomic E-state index is -4.52. The van der Waals surface area contributed by atoms with Crippen molar-refractivity contribution in [1.82, 2.24) is 4.90 Å². The first-order valence-electron chi connectivity index (χ1n) is 8.28. The van der Waals surface area contributed by atoms with Gasteiger partial charge in [0.15, 0.2) is 0 Å². The molecule has 0 spiro atoms. The molecule has 26 heavy (non-hydrogen) atoms. The van der Waals surface area contributed by atoms with Gasteiger partial charge in [-0.3, -0.25) is 9.69 Å². The van der Waals surface area contributed by atoms with Gasteiger partial charge in [-0.25, -0.2) is 0 Å². The number of amides is 1. The lowest BCUT2D eigenvalue weighted by Crippen LogP contribution is -2.41. The van der Waals surface area contributed by atoms with Crippen LogP contribution in [0.5, 0.6) is 0 Å². The smallest absolute Gasteiger partial charge is 0.325 e. The number of anilines is 1. The van der Waals surface area contributed by atoms with Gasteiger partial charge in [0.1, 0.15) is 6.04 Å². The van der Waals surface area contributed by atoms with Gasteiger partial charge in [-0.2, -0.15) is 13.2 Å². The van der Waals surface area contributed by atoms with E-state index in [4.69, 9.17) is 11.6 Å². The Morgan fingerprint density at radius 2 is 1.88 bits per heavy atom. The number of hydrogen-bond donors (Lipinski definition) is 1. The van der Waals surface area contributed by atoms with Gasteiger partial charge in [0.2, 0.25) is 5.91 Å². The van der Waals surface area contributed by atoms with E-state index in [1.54, 1.807) is 0 Å². The molecule has 2 aromatic carbocycles. The maximum atomic E-state index is 13.8. The van der Waals surface area contributed by atoms with Crippen molar-refractivity contribution in [2.75, 3.05) is 18.4 Å². The summed E-state index contributed by atoms with van der Waals surface area (Å²) in [6, 6.07) is 11.9. The van der Waals surface area contributed by atoms with Gasteiger partial charge in [0, 0.05) is 16.3 Å². The Kier molecular flexibility index (Phi) is 5.53. The SMILES string of the molecule is O=C1CN(CCCc2ccccc2)C(C(F)(F)F)c2cc(Cl)ccc2N1. The van der Waals surface area contributed by atoms with Gasteiger partial charge in [-0.1, -0.05) is 41.9 Å². The van der Waals surface area contributed by atoms with Crippen LogP contribution >= 0.6 is 11.6 Å². The van der Waals surface area contributed by atoms with E-state index in [1.807, 2.05) is 30.3 Å². The molecule has 1 unspecified atom stereocenters. The van der Waals surface area contributed by atoms with Crippen LogP contribution in [0.2, 0.25) is 5.02 Å². The summed E-state index contributed by atoms with van der Waals surface area (Å²) in [6.45, 7) is -0.163. The molecule has 1 aliphatic heterocycles. The first kappa shape index (κ1) is 18.7. The Hall–Kier alpha value is -2.05. The highest BCUT2D eigenvalue weighted by atomic mass is 35.5. The van der Waals surface area contributed by atoms with Crippen LogP contribution in [-0.2, 0) is 11.2 Å². The Morgan fingerprint density at radius 3 is 2.58 bits per heavy atom. The monoisotopic (exact) mass is 382 g/mol. The Balaban J connectivity index is 1.85. The zero-order chi connectivity index (χ0) is 18.7. The average molecular weight is 383 g/mol. The summed E-state index contributed by atoms with van der Waals surface area (Å²) in [7, 11) is 0. The van der Waals surface area contributed by atoms with Crippen molar-refractivity contribution in [3.8, 4) is 0 Å². The Labute approximate surface area is 154 Å². The normalized spacial score (nSPS) is 18.2. The van der Waals surface area contributed by atoms with E-state index >= 15 is 0 Å². The highest BCUT2D eigenvalue weighted by Gasteiger charge is 2.47. The fourth-order valence-corrected chi connectivity index (χ4v) is 3.44. The van der Waals surface area contributed by atoms with Crippen LogP contribution in [-0.4, -0.2) is 30.1 Å². The molecule has 0 bridgehead atoms. The van der Waals surface area contributed by atoms with E-state index in [2.05, 4.69) is 5.32 Å². The topological polar surface area (TPSA) is 32.3 Å². The molecule has 1 aliphatic rings. The molecule has 0 saturated carbocycles. The minimum Gasteiger partial charge on any atom is -0.325 e. The zero-order valence-corrected chi connectivity index (χ0v) is 14.6. The second kappa shape index (κ2) is 7.68. The molecule has 0 aromatic heterocycles. The summed E-state index contributed by atoms with van der Waals surface area (Å²) in [5, 5.41) is 2.76. The first-order valence-corrected chi connectivity index (χ1v) is 8.66. The van der Waals surface area contributed by atoms with E-state index in [1.165, 1.54) is 23.1 Å². The maximum Gasteiger partial charge on any atom is 0.408 e. The lowest BCUT2D eigenvalue weighted by molar-refractivity contribution is -0.186. The third-order valence-electron chi connectivity index (χ3n) is 4.36. The zero-order valence-electron chi connectivity index (χ0n) is 13.9. The number of benzene rings is 2. The van der Waals surface area contributed by atoms with E-state index in [-0.39, 0.29) is 29.4 Å². The minimum absolute atomic E-state index is 0.0180.